The molecular weight excluding hydrogens is 729 g/mol. The normalized spacial score (nSPS) is 13.0. The van der Waals surface area contributed by atoms with E-state index in [0.717, 1.165) is 27.9 Å². The molecule has 57 heavy (non-hydrogen) atoms. The van der Waals surface area contributed by atoms with Crippen LogP contribution in [0.25, 0.3) is 61.7 Å². The lowest BCUT2D eigenvalue weighted by Crippen LogP contribution is -2.76. The van der Waals surface area contributed by atoms with E-state index < -0.39 is 8.07 Å². The van der Waals surface area contributed by atoms with Gasteiger partial charge in [0.2, 0.25) is 0 Å². The molecule has 0 N–H and O–H groups in total. The van der Waals surface area contributed by atoms with Crippen LogP contribution in [0.1, 0.15) is 0 Å². The van der Waals surface area contributed by atoms with Gasteiger partial charge in [-0.05, 0) is 57.1 Å². The van der Waals surface area contributed by atoms with Crippen LogP contribution in [0.15, 0.2) is 216 Å². The van der Waals surface area contributed by atoms with Gasteiger partial charge in [0, 0.05) is 42.9 Å². The lowest BCUT2D eigenvalue weighted by Gasteiger charge is -2.39. The molecule has 0 unspecified atom stereocenters. The van der Waals surface area contributed by atoms with Crippen molar-refractivity contribution in [1.82, 2.24) is 19.5 Å². The standard InChI is InChI=1S/C51H34N4SSi/c1-4-17-35(18-5-1)49-52-50(36-19-6-2-7-20-36)54-51(53-49)37-21-16-22-38(33-37)55-43-26-11-10-25-41(43)42-32-31-40(34-44(42)55)57(39-23-8-3-9-24-39)47-29-14-12-27-45(47)56-46-28-13-15-30-48(46)57/h1-34H. The van der Waals surface area contributed by atoms with Gasteiger partial charge in [-0.2, -0.15) is 0 Å². The Morgan fingerprint density at radius 1 is 0.368 bits per heavy atom. The minimum atomic E-state index is -2.77. The molecule has 3 heterocycles. The summed E-state index contributed by atoms with van der Waals surface area (Å²) in [5.41, 5.74) is 6.20. The molecule has 0 aliphatic carbocycles. The third-order valence-electron chi connectivity index (χ3n) is 11.2. The van der Waals surface area contributed by atoms with Gasteiger partial charge in [-0.25, -0.2) is 15.0 Å². The van der Waals surface area contributed by atoms with E-state index in [-0.39, 0.29) is 0 Å². The zero-order chi connectivity index (χ0) is 37.8. The zero-order valence-electron chi connectivity index (χ0n) is 30.8. The van der Waals surface area contributed by atoms with Crippen molar-refractivity contribution in [2.75, 3.05) is 0 Å². The number of benzene rings is 8. The second-order valence-corrected chi connectivity index (χ2v) is 19.2. The van der Waals surface area contributed by atoms with Crippen LogP contribution in [0.2, 0.25) is 0 Å². The Morgan fingerprint density at radius 2 is 0.877 bits per heavy atom. The van der Waals surface area contributed by atoms with Gasteiger partial charge in [0.15, 0.2) is 25.5 Å². The molecule has 0 fully saturated rings. The first-order valence-corrected chi connectivity index (χ1v) is 22.0. The van der Waals surface area contributed by atoms with Crippen LogP contribution in [0.4, 0.5) is 0 Å². The summed E-state index contributed by atoms with van der Waals surface area (Å²) in [6.45, 7) is 0. The Labute approximate surface area is 336 Å². The van der Waals surface area contributed by atoms with E-state index in [4.69, 9.17) is 15.0 Å². The van der Waals surface area contributed by atoms with E-state index in [1.807, 2.05) is 72.4 Å². The highest BCUT2D eigenvalue weighted by molar-refractivity contribution is 8.00. The predicted octanol–water partition coefficient (Wildman–Crippen LogP) is 9.81. The molecule has 1 aliphatic heterocycles. The minimum absolute atomic E-state index is 0.634. The molecule has 0 spiro atoms. The number of aromatic nitrogens is 4. The number of rotatable bonds is 6. The molecule has 11 rings (SSSR count). The summed E-state index contributed by atoms with van der Waals surface area (Å²) >= 11 is 1.89. The van der Waals surface area contributed by atoms with Crippen molar-refractivity contribution in [1.29, 1.82) is 0 Å². The molecule has 1 aliphatic rings. The summed E-state index contributed by atoms with van der Waals surface area (Å²) in [4.78, 5) is 17.8. The summed E-state index contributed by atoms with van der Waals surface area (Å²) in [6, 6.07) is 74.4. The number of hydrogen-bond donors (Lipinski definition) is 0. The van der Waals surface area contributed by atoms with Gasteiger partial charge < -0.3 is 4.57 Å². The van der Waals surface area contributed by atoms with E-state index in [0.29, 0.717) is 17.5 Å². The Kier molecular flexibility index (Phi) is 8.05. The van der Waals surface area contributed by atoms with E-state index in [9.17, 15) is 0 Å². The summed E-state index contributed by atoms with van der Waals surface area (Å²) in [5.74, 6) is 1.93. The van der Waals surface area contributed by atoms with Crippen LogP contribution < -0.4 is 20.7 Å². The summed E-state index contributed by atoms with van der Waals surface area (Å²) < 4.78 is 2.43. The molecule has 4 nitrogen and oxygen atoms in total. The van der Waals surface area contributed by atoms with Crippen molar-refractivity contribution in [3.8, 4) is 39.9 Å². The monoisotopic (exact) mass is 762 g/mol. The van der Waals surface area contributed by atoms with Crippen molar-refractivity contribution >= 4 is 62.4 Å². The summed E-state index contributed by atoms with van der Waals surface area (Å²) in [7, 11) is -2.77. The Bertz CT molecular complexity index is 3010. The molecule has 268 valence electrons. The van der Waals surface area contributed by atoms with E-state index in [2.05, 4.69) is 150 Å². The van der Waals surface area contributed by atoms with Crippen LogP contribution in [-0.2, 0) is 0 Å². The van der Waals surface area contributed by atoms with Gasteiger partial charge in [0.25, 0.3) is 0 Å². The molecule has 0 atom stereocenters. The second kappa shape index (κ2) is 13.7. The molecule has 2 aromatic heterocycles. The van der Waals surface area contributed by atoms with Gasteiger partial charge in [-0.15, -0.1) is 0 Å². The highest BCUT2D eigenvalue weighted by Gasteiger charge is 2.47. The highest BCUT2D eigenvalue weighted by atomic mass is 32.2. The van der Waals surface area contributed by atoms with Gasteiger partial charge in [-0.1, -0.05) is 182 Å². The maximum absolute atomic E-state index is 5.08. The van der Waals surface area contributed by atoms with E-state index >= 15 is 0 Å². The number of nitrogens with zero attached hydrogens (tertiary/aromatic N) is 4. The maximum Gasteiger partial charge on any atom is 0.181 e. The predicted molar refractivity (Wildman–Crippen MR) is 238 cm³/mol. The third kappa shape index (κ3) is 5.48. The first kappa shape index (κ1) is 33.5. The van der Waals surface area contributed by atoms with Crippen LogP contribution in [0, 0.1) is 0 Å². The fraction of sp³-hybridized carbons (Fsp3) is 0. The first-order chi connectivity index (χ1) is 28.3. The maximum atomic E-state index is 5.08. The largest absolute Gasteiger partial charge is 0.309 e. The van der Waals surface area contributed by atoms with Gasteiger partial charge in [0.1, 0.15) is 0 Å². The van der Waals surface area contributed by atoms with Crippen LogP contribution in [0.5, 0.6) is 0 Å². The van der Waals surface area contributed by atoms with Gasteiger partial charge in [-0.3, -0.25) is 0 Å². The molecule has 0 saturated heterocycles. The van der Waals surface area contributed by atoms with Crippen LogP contribution in [0.3, 0.4) is 0 Å². The molecule has 0 radical (unpaired) electrons. The molecule has 10 aromatic rings. The number of para-hydroxylation sites is 1. The minimum Gasteiger partial charge on any atom is -0.309 e. The molecule has 0 bridgehead atoms. The van der Waals surface area contributed by atoms with Crippen molar-refractivity contribution in [3.05, 3.63) is 206 Å². The van der Waals surface area contributed by atoms with Crippen molar-refractivity contribution in [3.63, 3.8) is 0 Å². The average Bonchev–Trinajstić information content (AvgIpc) is 3.63. The lowest BCUT2D eigenvalue weighted by atomic mass is 10.1. The topological polar surface area (TPSA) is 43.6 Å². The summed E-state index contributed by atoms with van der Waals surface area (Å²) in [5, 5.41) is 8.05. The average molecular weight is 763 g/mol. The quantitative estimate of drug-likeness (QED) is 0.158. The second-order valence-electron chi connectivity index (χ2n) is 14.4. The van der Waals surface area contributed by atoms with Crippen molar-refractivity contribution in [2.24, 2.45) is 0 Å². The Balaban J connectivity index is 1.16. The lowest BCUT2D eigenvalue weighted by molar-refractivity contribution is 1.07. The van der Waals surface area contributed by atoms with E-state index in [1.165, 1.54) is 46.8 Å². The summed E-state index contributed by atoms with van der Waals surface area (Å²) in [6.07, 6.45) is 0. The Hall–Kier alpha value is -6.86. The third-order valence-corrected chi connectivity index (χ3v) is 17.6. The molecular formula is C51H34N4SSi. The molecule has 8 aromatic carbocycles. The molecule has 0 saturated carbocycles. The number of fused-ring (bicyclic) bond motifs is 5. The van der Waals surface area contributed by atoms with Crippen molar-refractivity contribution in [2.45, 2.75) is 9.79 Å². The number of hydrogen-bond acceptors (Lipinski definition) is 4. The van der Waals surface area contributed by atoms with Crippen LogP contribution >= 0.6 is 11.8 Å². The molecule has 6 heteroatoms. The first-order valence-electron chi connectivity index (χ1n) is 19.2. The fourth-order valence-corrected chi connectivity index (χ4v) is 15.6. The van der Waals surface area contributed by atoms with Crippen molar-refractivity contribution < 1.29 is 0 Å². The van der Waals surface area contributed by atoms with Gasteiger partial charge in [0.05, 0.1) is 11.0 Å². The van der Waals surface area contributed by atoms with Gasteiger partial charge >= 0.3 is 0 Å². The zero-order valence-corrected chi connectivity index (χ0v) is 32.6. The smallest absolute Gasteiger partial charge is 0.181 e. The molecule has 0 amide bonds. The Morgan fingerprint density at radius 3 is 1.53 bits per heavy atom. The fourth-order valence-electron chi connectivity index (χ4n) is 8.68. The van der Waals surface area contributed by atoms with E-state index in [1.54, 1.807) is 0 Å². The SMILES string of the molecule is c1ccc(-c2nc(-c3ccccc3)nc(-c3cccc(-n4c5ccccc5c5ccc([Si]6(c7ccccc7)c7ccccc7Sc7ccccc76)cc54)c3)n2)cc1. The highest BCUT2D eigenvalue weighted by Crippen LogP contribution is 2.36. The van der Waals surface area contributed by atoms with Crippen LogP contribution in [-0.4, -0.2) is 27.6 Å².